The first-order valence-electron chi connectivity index (χ1n) is 6.55. The Morgan fingerprint density at radius 2 is 1.95 bits per heavy atom. The molecule has 2 rings (SSSR count). The van der Waals surface area contributed by atoms with Crippen molar-refractivity contribution in [3.8, 4) is 5.75 Å². The molecule has 0 radical (unpaired) electrons. The number of thioether (sulfide) groups is 1. The molecule has 5 heteroatoms. The van der Waals surface area contributed by atoms with Crippen molar-refractivity contribution in [3.05, 3.63) is 58.1 Å². The molecule has 21 heavy (non-hydrogen) atoms. The Morgan fingerprint density at radius 3 is 2.67 bits per heavy atom. The maximum Gasteiger partial charge on any atom is 0.122 e. The van der Waals surface area contributed by atoms with Gasteiger partial charge in [-0.25, -0.2) is 0 Å². The van der Waals surface area contributed by atoms with Crippen LogP contribution < -0.4 is 10.5 Å². The Balaban J connectivity index is 1.97. The highest BCUT2D eigenvalue weighted by atomic mass is 35.5. The zero-order valence-corrected chi connectivity index (χ0v) is 14.0. The minimum atomic E-state index is -0.00126. The monoisotopic (exact) mass is 341 g/mol. The Hall–Kier alpha value is -0.870. The molecule has 1 unspecified atom stereocenters. The lowest BCUT2D eigenvalue weighted by Gasteiger charge is -2.14. The van der Waals surface area contributed by atoms with Crippen molar-refractivity contribution in [2.75, 3.05) is 12.9 Å². The summed E-state index contributed by atoms with van der Waals surface area (Å²) in [6.07, 6.45) is 0.710. The standard InChI is InChI=1S/C16H17Cl2NOS/c1-20-15-7-6-12(17)8-11(15)9-13(19)10-21-16-5-3-2-4-14(16)18/h2-8,13H,9-10,19H2,1H3. The molecular weight excluding hydrogens is 325 g/mol. The SMILES string of the molecule is COc1ccc(Cl)cc1CC(N)CSc1ccccc1Cl. The summed E-state index contributed by atoms with van der Waals surface area (Å²) in [5, 5.41) is 1.45. The Morgan fingerprint density at radius 1 is 1.19 bits per heavy atom. The normalized spacial score (nSPS) is 12.2. The van der Waals surface area contributed by atoms with E-state index in [1.807, 2.05) is 42.5 Å². The first kappa shape index (κ1) is 16.5. The van der Waals surface area contributed by atoms with Crippen LogP contribution in [0.1, 0.15) is 5.56 Å². The number of methoxy groups -OCH3 is 1. The first-order chi connectivity index (χ1) is 10.1. The second-order valence-electron chi connectivity index (χ2n) is 4.66. The third-order valence-corrected chi connectivity index (χ3v) is 4.95. The quantitative estimate of drug-likeness (QED) is 0.775. The lowest BCUT2D eigenvalue weighted by Crippen LogP contribution is -2.25. The average Bonchev–Trinajstić information content (AvgIpc) is 2.47. The lowest BCUT2D eigenvalue weighted by molar-refractivity contribution is 0.408. The highest BCUT2D eigenvalue weighted by Gasteiger charge is 2.11. The summed E-state index contributed by atoms with van der Waals surface area (Å²) in [5.41, 5.74) is 7.24. The van der Waals surface area contributed by atoms with Crippen molar-refractivity contribution in [1.82, 2.24) is 0 Å². The predicted molar refractivity (Wildman–Crippen MR) is 91.9 cm³/mol. The second-order valence-corrected chi connectivity index (χ2v) is 6.57. The summed E-state index contributed by atoms with van der Waals surface area (Å²) in [6.45, 7) is 0. The van der Waals surface area contributed by atoms with Crippen LogP contribution in [0.3, 0.4) is 0 Å². The number of rotatable bonds is 6. The molecule has 0 aromatic heterocycles. The van der Waals surface area contributed by atoms with Gasteiger partial charge in [0, 0.05) is 21.7 Å². The van der Waals surface area contributed by atoms with Crippen LogP contribution in [0.2, 0.25) is 10.0 Å². The van der Waals surface area contributed by atoms with Crippen molar-refractivity contribution in [2.24, 2.45) is 5.73 Å². The summed E-state index contributed by atoms with van der Waals surface area (Å²) < 4.78 is 5.34. The van der Waals surface area contributed by atoms with E-state index in [2.05, 4.69) is 0 Å². The van der Waals surface area contributed by atoms with Gasteiger partial charge in [-0.2, -0.15) is 0 Å². The molecule has 0 saturated heterocycles. The molecular formula is C16H17Cl2NOS. The summed E-state index contributed by atoms with van der Waals surface area (Å²) in [5.74, 6) is 1.59. The van der Waals surface area contributed by atoms with Gasteiger partial charge in [0.05, 0.1) is 12.1 Å². The van der Waals surface area contributed by atoms with Crippen molar-refractivity contribution in [1.29, 1.82) is 0 Å². The second kappa shape index (κ2) is 7.95. The van der Waals surface area contributed by atoms with E-state index in [0.29, 0.717) is 11.4 Å². The van der Waals surface area contributed by atoms with E-state index in [4.69, 9.17) is 33.7 Å². The molecule has 0 saturated carbocycles. The van der Waals surface area contributed by atoms with E-state index in [1.54, 1.807) is 18.9 Å². The molecule has 0 aliphatic rings. The molecule has 0 heterocycles. The molecule has 0 bridgehead atoms. The van der Waals surface area contributed by atoms with Crippen LogP contribution in [0.5, 0.6) is 5.75 Å². The van der Waals surface area contributed by atoms with Gasteiger partial charge in [0.15, 0.2) is 0 Å². The minimum Gasteiger partial charge on any atom is -0.496 e. The summed E-state index contributed by atoms with van der Waals surface area (Å²) >= 11 is 13.8. The topological polar surface area (TPSA) is 35.2 Å². The fourth-order valence-electron chi connectivity index (χ4n) is 2.01. The Bertz CT molecular complexity index is 607. The van der Waals surface area contributed by atoms with Crippen molar-refractivity contribution in [3.63, 3.8) is 0 Å². The van der Waals surface area contributed by atoms with E-state index in [1.165, 1.54) is 0 Å². The molecule has 0 spiro atoms. The van der Waals surface area contributed by atoms with Gasteiger partial charge >= 0.3 is 0 Å². The molecule has 0 amide bonds. The summed E-state index contributed by atoms with van der Waals surface area (Å²) in [4.78, 5) is 1.05. The summed E-state index contributed by atoms with van der Waals surface area (Å²) in [7, 11) is 1.65. The van der Waals surface area contributed by atoms with Gasteiger partial charge in [-0.1, -0.05) is 35.3 Å². The number of hydrogen-bond donors (Lipinski definition) is 1. The van der Waals surface area contributed by atoms with Crippen LogP contribution in [0.4, 0.5) is 0 Å². The maximum absolute atomic E-state index is 6.21. The summed E-state index contributed by atoms with van der Waals surface area (Å²) in [6, 6.07) is 13.4. The molecule has 0 aliphatic heterocycles. The van der Waals surface area contributed by atoms with E-state index < -0.39 is 0 Å². The maximum atomic E-state index is 6.21. The molecule has 2 N–H and O–H groups in total. The van der Waals surface area contributed by atoms with Crippen molar-refractivity contribution < 1.29 is 4.74 Å². The van der Waals surface area contributed by atoms with Crippen LogP contribution in [0.15, 0.2) is 47.4 Å². The molecule has 0 aliphatic carbocycles. The molecule has 0 fully saturated rings. The van der Waals surface area contributed by atoms with Crippen LogP contribution in [-0.2, 0) is 6.42 Å². The number of benzene rings is 2. The van der Waals surface area contributed by atoms with Crippen LogP contribution in [0, 0.1) is 0 Å². The number of ether oxygens (including phenoxy) is 1. The fraction of sp³-hybridized carbons (Fsp3) is 0.250. The number of halogens is 2. The lowest BCUT2D eigenvalue weighted by atomic mass is 10.1. The molecule has 1 atom stereocenters. The van der Waals surface area contributed by atoms with Gasteiger partial charge < -0.3 is 10.5 Å². The largest absolute Gasteiger partial charge is 0.496 e. The van der Waals surface area contributed by atoms with Gasteiger partial charge in [0.25, 0.3) is 0 Å². The third-order valence-electron chi connectivity index (χ3n) is 3.01. The molecule has 112 valence electrons. The van der Waals surface area contributed by atoms with Crippen molar-refractivity contribution in [2.45, 2.75) is 17.4 Å². The van der Waals surface area contributed by atoms with Gasteiger partial charge in [-0.3, -0.25) is 0 Å². The third kappa shape index (κ3) is 4.82. The minimum absolute atomic E-state index is 0.00126. The smallest absolute Gasteiger partial charge is 0.122 e. The zero-order chi connectivity index (χ0) is 15.2. The van der Waals surface area contributed by atoms with Gasteiger partial charge in [0.1, 0.15) is 5.75 Å². The molecule has 2 nitrogen and oxygen atoms in total. The average molecular weight is 342 g/mol. The highest BCUT2D eigenvalue weighted by molar-refractivity contribution is 7.99. The van der Waals surface area contributed by atoms with E-state index in [9.17, 15) is 0 Å². The van der Waals surface area contributed by atoms with E-state index in [0.717, 1.165) is 27.0 Å². The van der Waals surface area contributed by atoms with E-state index >= 15 is 0 Å². The first-order valence-corrected chi connectivity index (χ1v) is 8.29. The zero-order valence-electron chi connectivity index (χ0n) is 11.7. The van der Waals surface area contributed by atoms with E-state index in [-0.39, 0.29) is 6.04 Å². The van der Waals surface area contributed by atoms with Gasteiger partial charge in [0.2, 0.25) is 0 Å². The highest BCUT2D eigenvalue weighted by Crippen LogP contribution is 2.28. The van der Waals surface area contributed by atoms with Gasteiger partial charge in [-0.05, 0) is 42.3 Å². The number of hydrogen-bond acceptors (Lipinski definition) is 3. The fourth-order valence-corrected chi connectivity index (χ4v) is 3.39. The number of nitrogens with two attached hydrogens (primary N) is 1. The van der Waals surface area contributed by atoms with Crippen molar-refractivity contribution >= 4 is 35.0 Å². The van der Waals surface area contributed by atoms with Crippen LogP contribution >= 0.6 is 35.0 Å². The Labute approximate surface area is 139 Å². The van der Waals surface area contributed by atoms with Gasteiger partial charge in [-0.15, -0.1) is 11.8 Å². The molecule has 2 aromatic rings. The van der Waals surface area contributed by atoms with Crippen LogP contribution in [-0.4, -0.2) is 18.9 Å². The van der Waals surface area contributed by atoms with Crippen LogP contribution in [0.25, 0.3) is 0 Å². The molecule has 2 aromatic carbocycles. The predicted octanol–water partition coefficient (Wildman–Crippen LogP) is 4.66. The Kier molecular flexibility index (Phi) is 6.24.